The van der Waals surface area contributed by atoms with Gasteiger partial charge in [-0.05, 0) is 44.3 Å². The summed E-state index contributed by atoms with van der Waals surface area (Å²) in [5.74, 6) is 0. The Hall–Kier alpha value is -0.900. The van der Waals surface area contributed by atoms with Crippen molar-refractivity contribution >= 4 is 0 Å². The summed E-state index contributed by atoms with van der Waals surface area (Å²) in [4.78, 5) is 2.52. The fourth-order valence-corrected chi connectivity index (χ4v) is 4.77. The Balaban J connectivity index is 1.53. The molecule has 29 heavy (non-hydrogen) atoms. The van der Waals surface area contributed by atoms with Gasteiger partial charge in [-0.2, -0.15) is 0 Å². The van der Waals surface area contributed by atoms with Gasteiger partial charge in [-0.25, -0.2) is 0 Å². The van der Waals surface area contributed by atoms with Crippen molar-refractivity contribution in [3.63, 3.8) is 0 Å². The first kappa shape index (κ1) is 24.4. The summed E-state index contributed by atoms with van der Waals surface area (Å²) in [5.41, 5.74) is 7.74. The van der Waals surface area contributed by atoms with Gasteiger partial charge < -0.3 is 15.7 Å². The van der Waals surface area contributed by atoms with Gasteiger partial charge in [0, 0.05) is 18.5 Å². The van der Waals surface area contributed by atoms with Crippen molar-refractivity contribution in [2.75, 3.05) is 26.2 Å². The second-order valence-corrected chi connectivity index (χ2v) is 9.25. The number of likely N-dealkylation sites (tertiary alicyclic amines) is 1. The van der Waals surface area contributed by atoms with E-state index in [2.05, 4.69) is 42.2 Å². The molecule has 1 unspecified atom stereocenters. The van der Waals surface area contributed by atoms with Crippen LogP contribution in [0.15, 0.2) is 30.3 Å². The van der Waals surface area contributed by atoms with Crippen LogP contribution in [0.4, 0.5) is 0 Å². The molecule has 0 aromatic heterocycles. The average Bonchev–Trinajstić information content (AvgIpc) is 2.77. The van der Waals surface area contributed by atoms with Crippen molar-refractivity contribution in [3.8, 4) is 0 Å². The average molecular weight is 403 g/mol. The molecule has 1 aliphatic heterocycles. The summed E-state index contributed by atoms with van der Waals surface area (Å²) >= 11 is 0. The highest BCUT2D eigenvalue weighted by molar-refractivity contribution is 5.26. The van der Waals surface area contributed by atoms with Crippen LogP contribution in [0, 0.1) is 0 Å². The largest absolute Gasteiger partial charge is 0.393 e. The predicted molar refractivity (Wildman–Crippen MR) is 125 cm³/mol. The molecule has 1 aromatic carbocycles. The number of rotatable bonds is 15. The maximum absolute atomic E-state index is 10.4. The minimum atomic E-state index is -0.130. The van der Waals surface area contributed by atoms with Crippen molar-refractivity contribution in [2.45, 2.75) is 102 Å². The molecular weight excluding hydrogens is 356 g/mol. The van der Waals surface area contributed by atoms with Crippen LogP contribution < -0.4 is 5.73 Å². The standard InChI is InChI=1S/C26H46N2O/c1-2-3-4-5-6-7-8-9-13-16-25(29)17-20-28-21-18-26(23-27,19-22-28)24-14-11-10-12-15-24/h10-12,14-15,25,29H,2-9,13,16-23,27H2,1H3. The highest BCUT2D eigenvalue weighted by Crippen LogP contribution is 2.34. The van der Waals surface area contributed by atoms with Crippen molar-refractivity contribution < 1.29 is 5.11 Å². The molecule has 0 saturated carbocycles. The Morgan fingerprint density at radius 3 is 2.07 bits per heavy atom. The molecule has 0 spiro atoms. The zero-order valence-electron chi connectivity index (χ0n) is 19.0. The second kappa shape index (κ2) is 14.2. The lowest BCUT2D eigenvalue weighted by Gasteiger charge is -2.42. The molecule has 0 bridgehead atoms. The number of benzene rings is 1. The SMILES string of the molecule is CCCCCCCCCCCC(O)CCN1CCC(CN)(c2ccccc2)CC1. The Labute approximate surface area is 180 Å². The van der Waals surface area contributed by atoms with Gasteiger partial charge in [0.2, 0.25) is 0 Å². The van der Waals surface area contributed by atoms with Crippen molar-refractivity contribution in [1.29, 1.82) is 0 Å². The van der Waals surface area contributed by atoms with Crippen LogP contribution in [0.2, 0.25) is 0 Å². The molecule has 1 aliphatic rings. The van der Waals surface area contributed by atoms with E-state index in [-0.39, 0.29) is 11.5 Å². The zero-order chi connectivity index (χ0) is 20.8. The van der Waals surface area contributed by atoms with E-state index in [9.17, 15) is 5.11 Å². The molecule has 1 aromatic rings. The van der Waals surface area contributed by atoms with Gasteiger partial charge in [0.05, 0.1) is 6.10 Å². The first-order chi connectivity index (χ1) is 14.2. The number of unbranched alkanes of at least 4 members (excludes halogenated alkanes) is 8. The lowest BCUT2D eigenvalue weighted by molar-refractivity contribution is 0.108. The number of piperidine rings is 1. The van der Waals surface area contributed by atoms with E-state index in [1.807, 2.05) is 0 Å². The third kappa shape index (κ3) is 8.78. The quantitative estimate of drug-likeness (QED) is 0.373. The number of nitrogens with two attached hydrogens (primary N) is 1. The Morgan fingerprint density at radius 2 is 1.48 bits per heavy atom. The number of aliphatic hydroxyl groups is 1. The topological polar surface area (TPSA) is 49.5 Å². The maximum Gasteiger partial charge on any atom is 0.0552 e. The summed E-state index contributed by atoms with van der Waals surface area (Å²) in [5, 5.41) is 10.4. The van der Waals surface area contributed by atoms with Gasteiger partial charge in [0.25, 0.3) is 0 Å². The van der Waals surface area contributed by atoms with E-state index in [4.69, 9.17) is 5.73 Å². The van der Waals surface area contributed by atoms with Crippen LogP contribution in [-0.4, -0.2) is 42.3 Å². The van der Waals surface area contributed by atoms with Gasteiger partial charge in [-0.3, -0.25) is 0 Å². The van der Waals surface area contributed by atoms with Crippen LogP contribution >= 0.6 is 0 Å². The third-order valence-corrected chi connectivity index (χ3v) is 7.01. The van der Waals surface area contributed by atoms with Crippen molar-refractivity contribution in [3.05, 3.63) is 35.9 Å². The molecule has 3 nitrogen and oxygen atoms in total. The molecular formula is C26H46N2O. The molecule has 1 fully saturated rings. The summed E-state index contributed by atoms with van der Waals surface area (Å²) in [7, 11) is 0. The monoisotopic (exact) mass is 402 g/mol. The van der Waals surface area contributed by atoms with Crippen LogP contribution in [0.1, 0.15) is 96.0 Å². The highest BCUT2D eigenvalue weighted by atomic mass is 16.3. The molecule has 3 N–H and O–H groups in total. The van der Waals surface area contributed by atoms with Gasteiger partial charge in [-0.1, -0.05) is 95.0 Å². The lowest BCUT2D eigenvalue weighted by Crippen LogP contribution is -2.47. The number of aliphatic hydroxyl groups excluding tert-OH is 1. The zero-order valence-corrected chi connectivity index (χ0v) is 19.0. The molecule has 1 atom stereocenters. The molecule has 166 valence electrons. The summed E-state index contributed by atoms with van der Waals surface area (Å²) in [6, 6.07) is 10.8. The fraction of sp³-hybridized carbons (Fsp3) is 0.769. The molecule has 3 heteroatoms. The van der Waals surface area contributed by atoms with Gasteiger partial charge in [0.15, 0.2) is 0 Å². The summed E-state index contributed by atoms with van der Waals surface area (Å²) < 4.78 is 0. The predicted octanol–water partition coefficient (Wildman–Crippen LogP) is 5.65. The molecule has 2 rings (SSSR count). The molecule has 1 saturated heterocycles. The minimum Gasteiger partial charge on any atom is -0.393 e. The van der Waals surface area contributed by atoms with E-state index < -0.39 is 0 Å². The third-order valence-electron chi connectivity index (χ3n) is 7.01. The van der Waals surface area contributed by atoms with E-state index in [0.717, 1.165) is 51.9 Å². The number of hydrogen-bond donors (Lipinski definition) is 2. The van der Waals surface area contributed by atoms with Crippen molar-refractivity contribution in [2.24, 2.45) is 5.73 Å². The second-order valence-electron chi connectivity index (χ2n) is 9.25. The number of hydrogen-bond acceptors (Lipinski definition) is 3. The Morgan fingerprint density at radius 1 is 0.897 bits per heavy atom. The molecule has 0 radical (unpaired) electrons. The molecule has 0 aliphatic carbocycles. The van der Waals surface area contributed by atoms with E-state index in [0.29, 0.717) is 0 Å². The Kier molecular flexibility index (Phi) is 11.9. The van der Waals surface area contributed by atoms with E-state index in [1.54, 1.807) is 0 Å². The molecule has 0 amide bonds. The fourth-order valence-electron chi connectivity index (χ4n) is 4.77. The van der Waals surface area contributed by atoms with Crippen LogP contribution in [0.5, 0.6) is 0 Å². The summed E-state index contributed by atoms with van der Waals surface area (Å²) in [6.45, 7) is 6.21. The van der Waals surface area contributed by atoms with Crippen LogP contribution in [-0.2, 0) is 5.41 Å². The van der Waals surface area contributed by atoms with Gasteiger partial charge in [-0.15, -0.1) is 0 Å². The van der Waals surface area contributed by atoms with E-state index >= 15 is 0 Å². The molecule has 1 heterocycles. The normalized spacial score (nSPS) is 18.0. The van der Waals surface area contributed by atoms with Crippen molar-refractivity contribution in [1.82, 2.24) is 4.90 Å². The number of nitrogens with zero attached hydrogens (tertiary/aromatic N) is 1. The smallest absolute Gasteiger partial charge is 0.0552 e. The van der Waals surface area contributed by atoms with Gasteiger partial charge in [0.1, 0.15) is 0 Å². The summed E-state index contributed by atoms with van der Waals surface area (Å²) in [6.07, 6.45) is 16.1. The van der Waals surface area contributed by atoms with Crippen LogP contribution in [0.25, 0.3) is 0 Å². The highest BCUT2D eigenvalue weighted by Gasteiger charge is 2.34. The first-order valence-corrected chi connectivity index (χ1v) is 12.4. The van der Waals surface area contributed by atoms with E-state index in [1.165, 1.54) is 63.4 Å². The van der Waals surface area contributed by atoms with Gasteiger partial charge >= 0.3 is 0 Å². The van der Waals surface area contributed by atoms with Crippen LogP contribution in [0.3, 0.4) is 0 Å². The maximum atomic E-state index is 10.4. The minimum absolute atomic E-state index is 0.130. The Bertz CT molecular complexity index is 511. The first-order valence-electron chi connectivity index (χ1n) is 12.4. The lowest BCUT2D eigenvalue weighted by atomic mass is 9.73.